The molecule has 1 unspecified atom stereocenters. The van der Waals surface area contributed by atoms with Gasteiger partial charge in [0.15, 0.2) is 14.7 Å². The number of rotatable bonds is 7. The Morgan fingerprint density at radius 2 is 0.795 bits per heavy atom. The van der Waals surface area contributed by atoms with Gasteiger partial charge in [-0.1, -0.05) is 54.6 Å². The molecule has 3 rings (SSSR count). The van der Waals surface area contributed by atoms with Crippen molar-refractivity contribution >= 4 is 10.9 Å². The maximum atomic E-state index is 12.3. The topological polar surface area (TPSA) is 9.23 Å². The number of hydrogen-bond acceptors (Lipinski definition) is 1. The molecule has 1 nitrogen and oxygen atoms in total. The molecule has 0 aliphatic heterocycles. The number of alkyl halides is 13. The van der Waals surface area contributed by atoms with Crippen molar-refractivity contribution < 1.29 is 61.8 Å². The van der Waals surface area contributed by atoms with Gasteiger partial charge in [-0.25, -0.2) is 4.39 Å². The van der Waals surface area contributed by atoms with E-state index in [1.54, 1.807) is 4.74 Å². The van der Waals surface area contributed by atoms with Crippen molar-refractivity contribution in [1.29, 1.82) is 0 Å². The summed E-state index contributed by atoms with van der Waals surface area (Å²) in [6.45, 7) is 0. The average Bonchev–Trinajstić information content (AvgIpc) is 2.85. The molecule has 15 heteroatoms. The highest BCUT2D eigenvalue weighted by atomic mass is 32.2. The van der Waals surface area contributed by atoms with Crippen LogP contribution in [0.2, 0.25) is 0 Å². The van der Waals surface area contributed by atoms with Crippen LogP contribution in [-0.2, 0) is 15.6 Å². The molecule has 0 spiro atoms. The monoisotopic (exact) mass is 599 g/mol. The number of halogens is 13. The lowest BCUT2D eigenvalue weighted by molar-refractivity contribution is -0.468. The summed E-state index contributed by atoms with van der Waals surface area (Å²) in [5.74, 6) is -14.9. The lowest BCUT2D eigenvalue weighted by Crippen LogP contribution is -2.62. The molecule has 214 valence electrons. The third-order valence-electron chi connectivity index (χ3n) is 4.56. The lowest BCUT2D eigenvalue weighted by atomic mass is 10.1. The Balaban J connectivity index is 0.000000273. The minimum Gasteiger partial charge on any atom is -0.272 e. The smallest absolute Gasteiger partial charge is 0.272 e. The van der Waals surface area contributed by atoms with Crippen LogP contribution < -0.4 is 0 Å². The van der Waals surface area contributed by atoms with Crippen LogP contribution >= 0.6 is 0 Å². The van der Waals surface area contributed by atoms with E-state index in [4.69, 9.17) is 0 Å². The molecule has 0 aliphatic rings. The standard InChI is InChI=1S/C18H15S.C6HF13O/c1-4-10-16(11-5-1)19(17-12-6-2-7-13-17)18-14-8-3-9-15-18;7-1(2(8,9)10)20-6(18,19)4(13,14)3(11,12)5(15,16)17/h1-15H;1H/q+1;. The second-order valence-corrected chi connectivity index (χ2v) is 9.41. The molecule has 0 aliphatic carbocycles. The zero-order valence-corrected chi connectivity index (χ0v) is 19.8. The van der Waals surface area contributed by atoms with Gasteiger partial charge in [-0.15, -0.1) is 0 Å². The van der Waals surface area contributed by atoms with Crippen LogP contribution in [0.3, 0.4) is 0 Å². The van der Waals surface area contributed by atoms with Gasteiger partial charge >= 0.3 is 30.3 Å². The predicted molar refractivity (Wildman–Crippen MR) is 114 cm³/mol. The van der Waals surface area contributed by atoms with Crippen molar-refractivity contribution in [3.05, 3.63) is 91.0 Å². The van der Waals surface area contributed by atoms with Crippen molar-refractivity contribution in [3.63, 3.8) is 0 Å². The van der Waals surface area contributed by atoms with E-state index in [0.717, 1.165) is 0 Å². The fraction of sp³-hybridized carbons (Fsp3) is 0.250. The van der Waals surface area contributed by atoms with E-state index in [1.165, 1.54) is 14.7 Å². The van der Waals surface area contributed by atoms with Gasteiger partial charge in [-0.05, 0) is 36.4 Å². The Bertz CT molecular complexity index is 1060. The van der Waals surface area contributed by atoms with Crippen LogP contribution in [0.4, 0.5) is 57.1 Å². The van der Waals surface area contributed by atoms with Crippen LogP contribution in [0, 0.1) is 0 Å². The number of ether oxygens (including phenoxy) is 1. The van der Waals surface area contributed by atoms with E-state index in [9.17, 15) is 57.1 Å². The molecule has 0 saturated carbocycles. The zero-order chi connectivity index (χ0) is 29.7. The number of benzene rings is 3. The van der Waals surface area contributed by atoms with E-state index >= 15 is 0 Å². The summed E-state index contributed by atoms with van der Waals surface area (Å²) in [5, 5.41) is 0. The molecule has 0 N–H and O–H groups in total. The molecule has 0 fully saturated rings. The Morgan fingerprint density at radius 1 is 0.487 bits per heavy atom. The molecular formula is C24H16F13OS+. The van der Waals surface area contributed by atoms with E-state index in [2.05, 4.69) is 91.0 Å². The zero-order valence-electron chi connectivity index (χ0n) is 19.0. The highest BCUT2D eigenvalue weighted by Gasteiger charge is 2.83. The second-order valence-electron chi connectivity index (χ2n) is 7.38. The first kappa shape index (κ1) is 32.3. The molecule has 1 atom stereocenters. The minimum atomic E-state index is -7.48. The van der Waals surface area contributed by atoms with Gasteiger partial charge in [0.2, 0.25) is 0 Å². The fourth-order valence-electron chi connectivity index (χ4n) is 2.71. The lowest BCUT2D eigenvalue weighted by Gasteiger charge is -2.33. The highest BCUT2D eigenvalue weighted by molar-refractivity contribution is 7.97. The average molecular weight is 599 g/mol. The van der Waals surface area contributed by atoms with E-state index in [1.807, 2.05) is 0 Å². The summed E-state index contributed by atoms with van der Waals surface area (Å²) in [7, 11) is -0.0146. The summed E-state index contributed by atoms with van der Waals surface area (Å²) in [6.07, 6.45) is -25.9. The van der Waals surface area contributed by atoms with Crippen LogP contribution in [0.1, 0.15) is 0 Å². The van der Waals surface area contributed by atoms with E-state index in [-0.39, 0.29) is 10.9 Å². The Morgan fingerprint density at radius 3 is 1.05 bits per heavy atom. The largest absolute Gasteiger partial charge is 0.460 e. The van der Waals surface area contributed by atoms with Crippen LogP contribution in [-0.4, -0.2) is 36.7 Å². The Kier molecular flexibility index (Phi) is 9.98. The molecule has 0 radical (unpaired) electrons. The quantitative estimate of drug-likeness (QED) is 0.195. The molecule has 3 aromatic rings. The first-order valence-corrected chi connectivity index (χ1v) is 11.5. The van der Waals surface area contributed by atoms with Gasteiger partial charge in [0.25, 0.3) is 6.36 Å². The van der Waals surface area contributed by atoms with Gasteiger partial charge in [0.1, 0.15) is 0 Å². The van der Waals surface area contributed by atoms with Gasteiger partial charge in [-0.2, -0.15) is 52.7 Å². The minimum absolute atomic E-state index is 0.0146. The first-order valence-electron chi connectivity index (χ1n) is 10.3. The second kappa shape index (κ2) is 12.1. The summed E-state index contributed by atoms with van der Waals surface area (Å²) < 4.78 is 156. The molecule has 0 saturated heterocycles. The molecular weight excluding hydrogens is 583 g/mol. The third-order valence-corrected chi connectivity index (χ3v) is 6.79. The summed E-state index contributed by atoms with van der Waals surface area (Å²) >= 11 is 0. The first-order chi connectivity index (χ1) is 17.8. The number of hydrogen-bond donors (Lipinski definition) is 0. The van der Waals surface area contributed by atoms with E-state index < -0.39 is 36.7 Å². The highest BCUT2D eigenvalue weighted by Crippen LogP contribution is 2.54. The van der Waals surface area contributed by atoms with Crippen LogP contribution in [0.15, 0.2) is 106 Å². The normalized spacial score (nSPS) is 14.0. The maximum Gasteiger partial charge on any atom is 0.460 e. The van der Waals surface area contributed by atoms with Crippen molar-refractivity contribution in [1.82, 2.24) is 0 Å². The Labute approximate surface area is 215 Å². The van der Waals surface area contributed by atoms with Gasteiger partial charge in [-0.3, -0.25) is 4.74 Å². The maximum absolute atomic E-state index is 12.3. The van der Waals surface area contributed by atoms with Gasteiger partial charge in [0, 0.05) is 0 Å². The summed E-state index contributed by atoms with van der Waals surface area (Å²) in [5.41, 5.74) is 0. The van der Waals surface area contributed by atoms with Crippen LogP contribution in [0.5, 0.6) is 0 Å². The summed E-state index contributed by atoms with van der Waals surface area (Å²) in [6, 6.07) is 32.2. The SMILES string of the molecule is FC(OC(F)(F)C(F)(F)C(F)(F)C(F)(F)F)C(F)(F)F.c1ccc([S+](c2ccccc2)c2ccccc2)cc1. The van der Waals surface area contributed by atoms with Crippen molar-refractivity contribution in [2.75, 3.05) is 0 Å². The van der Waals surface area contributed by atoms with E-state index in [0.29, 0.717) is 0 Å². The third kappa shape index (κ3) is 7.59. The van der Waals surface area contributed by atoms with Gasteiger partial charge < -0.3 is 0 Å². The molecule has 3 aromatic carbocycles. The fourth-order valence-corrected chi connectivity index (χ4v) is 4.81. The Hall–Kier alpha value is -2.94. The molecule has 0 bridgehead atoms. The predicted octanol–water partition coefficient (Wildman–Crippen LogP) is 9.07. The van der Waals surface area contributed by atoms with Crippen molar-refractivity contribution in [2.45, 2.75) is 51.4 Å². The van der Waals surface area contributed by atoms with Crippen LogP contribution in [0.25, 0.3) is 0 Å². The molecule has 0 amide bonds. The summed E-state index contributed by atoms with van der Waals surface area (Å²) in [4.78, 5) is 4.08. The van der Waals surface area contributed by atoms with Gasteiger partial charge in [0.05, 0.1) is 10.9 Å². The molecule has 0 aromatic heterocycles. The van der Waals surface area contributed by atoms with Crippen molar-refractivity contribution in [2.24, 2.45) is 0 Å². The molecule has 0 heterocycles. The van der Waals surface area contributed by atoms with Crippen molar-refractivity contribution in [3.8, 4) is 0 Å². The molecule has 39 heavy (non-hydrogen) atoms.